The molecular weight excluding hydrogens is 358 g/mol. The zero-order chi connectivity index (χ0) is 16.9. The Morgan fingerprint density at radius 3 is 2.48 bits per heavy atom. The van der Waals surface area contributed by atoms with E-state index >= 15 is 0 Å². The fourth-order valence-electron chi connectivity index (χ4n) is 2.91. The second kappa shape index (κ2) is 8.99. The van der Waals surface area contributed by atoms with Gasteiger partial charge in [-0.05, 0) is 43.5 Å². The minimum Gasteiger partial charge on any atom is -0.338 e. The van der Waals surface area contributed by atoms with Crippen LogP contribution in [0.5, 0.6) is 0 Å². The maximum atomic E-state index is 12.8. The molecule has 0 atom stereocenters. The minimum absolute atomic E-state index is 0. The van der Waals surface area contributed by atoms with Gasteiger partial charge in [0.25, 0.3) is 11.8 Å². The third-order valence-corrected chi connectivity index (χ3v) is 5.21. The summed E-state index contributed by atoms with van der Waals surface area (Å²) in [7, 11) is 1.96. The van der Waals surface area contributed by atoms with Crippen LogP contribution in [0, 0.1) is 0 Å². The van der Waals surface area contributed by atoms with E-state index < -0.39 is 0 Å². The van der Waals surface area contributed by atoms with Crippen molar-refractivity contribution < 1.29 is 9.59 Å². The molecule has 25 heavy (non-hydrogen) atoms. The lowest BCUT2D eigenvalue weighted by atomic mass is 10.0. The highest BCUT2D eigenvalue weighted by Gasteiger charge is 2.24. The van der Waals surface area contributed by atoms with Crippen molar-refractivity contribution in [3.8, 4) is 0 Å². The number of amides is 2. The van der Waals surface area contributed by atoms with Crippen molar-refractivity contribution in [1.29, 1.82) is 0 Å². The SMILES string of the molecule is CNC1CCN(C(=O)c2ccccc2NC(=O)c2cccs2)CC1.Cl. The number of hydrogen-bond acceptors (Lipinski definition) is 4. The monoisotopic (exact) mass is 379 g/mol. The Bertz CT molecular complexity index is 713. The normalized spacial score (nSPS) is 14.7. The van der Waals surface area contributed by atoms with Gasteiger partial charge in [0.2, 0.25) is 0 Å². The highest BCUT2D eigenvalue weighted by atomic mass is 35.5. The summed E-state index contributed by atoms with van der Waals surface area (Å²) in [6.45, 7) is 1.47. The van der Waals surface area contributed by atoms with Crippen molar-refractivity contribution in [2.75, 3.05) is 25.5 Å². The molecular formula is C18H22ClN3O2S. The van der Waals surface area contributed by atoms with Crippen LogP contribution in [0.2, 0.25) is 0 Å². The topological polar surface area (TPSA) is 61.4 Å². The van der Waals surface area contributed by atoms with Gasteiger partial charge in [0, 0.05) is 19.1 Å². The fraction of sp³-hybridized carbons (Fsp3) is 0.333. The van der Waals surface area contributed by atoms with Gasteiger partial charge >= 0.3 is 0 Å². The highest BCUT2D eigenvalue weighted by molar-refractivity contribution is 7.12. The van der Waals surface area contributed by atoms with E-state index in [-0.39, 0.29) is 24.2 Å². The fourth-order valence-corrected chi connectivity index (χ4v) is 3.53. The third kappa shape index (κ3) is 4.60. The first-order valence-corrected chi connectivity index (χ1v) is 8.97. The lowest BCUT2D eigenvalue weighted by molar-refractivity contribution is 0.0708. The van der Waals surface area contributed by atoms with E-state index in [0.29, 0.717) is 22.2 Å². The Hall–Kier alpha value is -1.89. The number of benzene rings is 1. The van der Waals surface area contributed by atoms with E-state index in [1.807, 2.05) is 35.5 Å². The van der Waals surface area contributed by atoms with Gasteiger partial charge in [-0.1, -0.05) is 18.2 Å². The molecule has 2 N–H and O–H groups in total. The van der Waals surface area contributed by atoms with Crippen LogP contribution < -0.4 is 10.6 Å². The van der Waals surface area contributed by atoms with Crippen LogP contribution in [0.4, 0.5) is 5.69 Å². The number of nitrogens with one attached hydrogen (secondary N) is 2. The molecule has 3 rings (SSSR count). The number of carbonyl (C=O) groups excluding carboxylic acids is 2. The number of likely N-dealkylation sites (tertiary alicyclic amines) is 1. The first-order chi connectivity index (χ1) is 11.7. The van der Waals surface area contributed by atoms with Crippen LogP contribution in [0.3, 0.4) is 0 Å². The van der Waals surface area contributed by atoms with Crippen LogP contribution in [0.15, 0.2) is 41.8 Å². The molecule has 2 aromatic rings. The zero-order valence-corrected chi connectivity index (χ0v) is 15.7. The number of anilines is 1. The number of thiophene rings is 1. The summed E-state index contributed by atoms with van der Waals surface area (Å²) in [5, 5.41) is 7.99. The maximum Gasteiger partial charge on any atom is 0.265 e. The number of hydrogen-bond donors (Lipinski definition) is 2. The van der Waals surface area contributed by atoms with E-state index in [1.165, 1.54) is 11.3 Å². The number of carbonyl (C=O) groups is 2. The predicted molar refractivity (Wildman–Crippen MR) is 104 cm³/mol. The Morgan fingerprint density at radius 2 is 1.84 bits per heavy atom. The number of halogens is 1. The van der Waals surface area contributed by atoms with E-state index in [9.17, 15) is 9.59 Å². The Kier molecular flexibility index (Phi) is 6.99. The molecule has 1 aromatic heterocycles. The van der Waals surface area contributed by atoms with Crippen LogP contribution in [0.25, 0.3) is 0 Å². The van der Waals surface area contributed by atoms with Crippen LogP contribution in [0.1, 0.15) is 32.9 Å². The van der Waals surface area contributed by atoms with Crippen LogP contribution >= 0.6 is 23.7 Å². The summed E-state index contributed by atoms with van der Waals surface area (Å²) in [5.74, 6) is -0.203. The second-order valence-electron chi connectivity index (χ2n) is 5.83. The van der Waals surface area contributed by atoms with Gasteiger partial charge in [-0.25, -0.2) is 0 Å². The molecule has 1 aliphatic heterocycles. The molecule has 2 amide bonds. The van der Waals surface area contributed by atoms with Gasteiger partial charge in [-0.2, -0.15) is 0 Å². The average molecular weight is 380 g/mol. The standard InChI is InChI=1S/C18H21N3O2S.ClH/c1-19-13-8-10-21(11-9-13)18(23)14-5-2-3-6-15(14)20-17(22)16-7-4-12-24-16;/h2-7,12-13,19H,8-11H2,1H3,(H,20,22);1H. The molecule has 0 radical (unpaired) electrons. The van der Waals surface area contributed by atoms with Gasteiger partial charge < -0.3 is 15.5 Å². The van der Waals surface area contributed by atoms with Gasteiger partial charge in [-0.15, -0.1) is 23.7 Å². The number of piperidine rings is 1. The molecule has 0 saturated carbocycles. The molecule has 1 aromatic carbocycles. The molecule has 7 heteroatoms. The first-order valence-electron chi connectivity index (χ1n) is 8.09. The largest absolute Gasteiger partial charge is 0.338 e. The van der Waals surface area contributed by atoms with Crippen molar-refractivity contribution >= 4 is 41.2 Å². The third-order valence-electron chi connectivity index (χ3n) is 4.34. The first kappa shape index (κ1) is 19.4. The molecule has 0 unspecified atom stereocenters. The van der Waals surface area contributed by atoms with Crippen molar-refractivity contribution in [3.63, 3.8) is 0 Å². The van der Waals surface area contributed by atoms with Crippen LogP contribution in [-0.4, -0.2) is 42.9 Å². The lowest BCUT2D eigenvalue weighted by Gasteiger charge is -2.32. The number of rotatable bonds is 4. The van der Waals surface area contributed by atoms with E-state index in [0.717, 1.165) is 25.9 Å². The summed E-state index contributed by atoms with van der Waals surface area (Å²) in [6, 6.07) is 11.3. The summed E-state index contributed by atoms with van der Waals surface area (Å²) in [4.78, 5) is 27.6. The van der Waals surface area contributed by atoms with Gasteiger partial charge in [0.05, 0.1) is 16.1 Å². The summed E-state index contributed by atoms with van der Waals surface area (Å²) in [5.41, 5.74) is 1.11. The quantitative estimate of drug-likeness (QED) is 0.857. The summed E-state index contributed by atoms with van der Waals surface area (Å²) >= 11 is 1.38. The average Bonchev–Trinajstić information content (AvgIpc) is 3.16. The molecule has 0 aliphatic carbocycles. The van der Waals surface area contributed by atoms with Gasteiger partial charge in [-0.3, -0.25) is 9.59 Å². The van der Waals surface area contributed by atoms with Crippen LogP contribution in [-0.2, 0) is 0 Å². The molecule has 0 bridgehead atoms. The van der Waals surface area contributed by atoms with Crippen molar-refractivity contribution in [2.24, 2.45) is 0 Å². The number of nitrogens with zero attached hydrogens (tertiary/aromatic N) is 1. The molecule has 1 saturated heterocycles. The predicted octanol–water partition coefficient (Wildman–Crippen LogP) is 3.25. The smallest absolute Gasteiger partial charge is 0.265 e. The Balaban J connectivity index is 0.00000225. The maximum absolute atomic E-state index is 12.8. The summed E-state index contributed by atoms with van der Waals surface area (Å²) < 4.78 is 0. The molecule has 0 spiro atoms. The molecule has 1 aliphatic rings. The minimum atomic E-state index is -0.181. The lowest BCUT2D eigenvalue weighted by Crippen LogP contribution is -2.44. The summed E-state index contributed by atoms with van der Waals surface area (Å²) in [6.07, 6.45) is 1.90. The van der Waals surface area contributed by atoms with E-state index in [1.54, 1.807) is 18.2 Å². The van der Waals surface area contributed by atoms with E-state index in [4.69, 9.17) is 0 Å². The van der Waals surface area contributed by atoms with Gasteiger partial charge in [0.15, 0.2) is 0 Å². The molecule has 134 valence electrons. The van der Waals surface area contributed by atoms with Crippen molar-refractivity contribution in [1.82, 2.24) is 10.2 Å². The zero-order valence-electron chi connectivity index (χ0n) is 14.0. The molecule has 1 fully saturated rings. The molecule has 5 nitrogen and oxygen atoms in total. The van der Waals surface area contributed by atoms with Crippen molar-refractivity contribution in [2.45, 2.75) is 18.9 Å². The van der Waals surface area contributed by atoms with E-state index in [2.05, 4.69) is 10.6 Å². The van der Waals surface area contributed by atoms with Crippen molar-refractivity contribution in [3.05, 3.63) is 52.2 Å². The second-order valence-corrected chi connectivity index (χ2v) is 6.78. The molecule has 2 heterocycles. The Labute approximate surface area is 157 Å². The Morgan fingerprint density at radius 1 is 1.12 bits per heavy atom. The highest BCUT2D eigenvalue weighted by Crippen LogP contribution is 2.21. The van der Waals surface area contributed by atoms with Gasteiger partial charge in [0.1, 0.15) is 0 Å². The number of para-hydroxylation sites is 1.